The monoisotopic (exact) mass is 364 g/mol. The van der Waals surface area contributed by atoms with Crippen molar-refractivity contribution in [3.8, 4) is 6.07 Å². The zero-order valence-electron chi connectivity index (χ0n) is 9.67. The molecule has 0 heterocycles. The molecule has 1 N–H and O–H groups in total. The van der Waals surface area contributed by atoms with Gasteiger partial charge in [-0.3, -0.25) is 0 Å². The number of rotatable bonds is 2. The fraction of sp³-hybridized carbons (Fsp3) is 0.0714. The lowest BCUT2D eigenvalue weighted by Crippen LogP contribution is -1.94. The molecule has 90 valence electrons. The lowest BCUT2D eigenvalue weighted by Gasteiger charge is -2.11. The van der Waals surface area contributed by atoms with Gasteiger partial charge < -0.3 is 5.32 Å². The first kappa shape index (κ1) is 13.1. The van der Waals surface area contributed by atoms with Gasteiger partial charge in [0.1, 0.15) is 0 Å². The molecular formula is C14H10Br2N2. The maximum Gasteiger partial charge on any atom is 0.0992 e. The molecule has 0 atom stereocenters. The first-order valence-corrected chi connectivity index (χ1v) is 6.91. The van der Waals surface area contributed by atoms with Gasteiger partial charge in [0.05, 0.1) is 17.3 Å². The lowest BCUT2D eigenvalue weighted by atomic mass is 10.2. The minimum absolute atomic E-state index is 0.637. The molecule has 0 radical (unpaired) electrons. The average Bonchev–Trinajstić information content (AvgIpc) is 2.36. The smallest absolute Gasteiger partial charge is 0.0992 e. The summed E-state index contributed by atoms with van der Waals surface area (Å²) in [5, 5.41) is 12.2. The number of nitriles is 1. The van der Waals surface area contributed by atoms with Crippen LogP contribution in [0.5, 0.6) is 0 Å². The van der Waals surface area contributed by atoms with Crippen molar-refractivity contribution in [1.29, 1.82) is 5.26 Å². The number of hydrogen-bond acceptors (Lipinski definition) is 2. The Morgan fingerprint density at radius 1 is 1.06 bits per heavy atom. The van der Waals surface area contributed by atoms with Crippen molar-refractivity contribution in [2.24, 2.45) is 0 Å². The maximum atomic E-state index is 8.83. The third-order valence-electron chi connectivity index (χ3n) is 2.57. The minimum Gasteiger partial charge on any atom is -0.354 e. The molecule has 2 aromatic carbocycles. The van der Waals surface area contributed by atoms with Crippen LogP contribution < -0.4 is 5.32 Å². The second-order valence-corrected chi connectivity index (χ2v) is 5.66. The van der Waals surface area contributed by atoms with Gasteiger partial charge in [0.25, 0.3) is 0 Å². The highest BCUT2D eigenvalue weighted by Gasteiger charge is 2.04. The largest absolute Gasteiger partial charge is 0.354 e. The van der Waals surface area contributed by atoms with Gasteiger partial charge in [-0.2, -0.15) is 5.26 Å². The van der Waals surface area contributed by atoms with Crippen molar-refractivity contribution in [1.82, 2.24) is 0 Å². The molecule has 2 nitrogen and oxygen atoms in total. The third-order valence-corrected chi connectivity index (χ3v) is 3.72. The Morgan fingerprint density at radius 2 is 1.83 bits per heavy atom. The van der Waals surface area contributed by atoms with Crippen molar-refractivity contribution < 1.29 is 0 Å². The molecule has 0 aliphatic carbocycles. The second kappa shape index (κ2) is 5.55. The molecule has 0 aromatic heterocycles. The quantitative estimate of drug-likeness (QED) is 0.800. The molecular weight excluding hydrogens is 356 g/mol. The SMILES string of the molecule is Cc1ccc(Br)cc1Nc1ccc(C#N)cc1Br. The summed E-state index contributed by atoms with van der Waals surface area (Å²) in [6.45, 7) is 2.05. The van der Waals surface area contributed by atoms with E-state index in [1.807, 2.05) is 31.2 Å². The fourth-order valence-corrected chi connectivity index (χ4v) is 2.40. The van der Waals surface area contributed by atoms with Crippen LogP contribution in [-0.2, 0) is 0 Å². The number of hydrogen-bond donors (Lipinski definition) is 1. The van der Waals surface area contributed by atoms with E-state index in [1.54, 1.807) is 12.1 Å². The zero-order chi connectivity index (χ0) is 13.1. The topological polar surface area (TPSA) is 35.8 Å². The Labute approximate surface area is 123 Å². The number of nitrogens with one attached hydrogen (secondary N) is 1. The molecule has 0 saturated carbocycles. The molecule has 0 aliphatic rings. The molecule has 0 saturated heterocycles. The predicted molar refractivity (Wildman–Crippen MR) is 81.0 cm³/mol. The Hall–Kier alpha value is -1.31. The molecule has 0 fully saturated rings. The summed E-state index contributed by atoms with van der Waals surface area (Å²) >= 11 is 6.92. The van der Waals surface area contributed by atoms with E-state index in [0.717, 1.165) is 25.9 Å². The second-order valence-electron chi connectivity index (χ2n) is 3.89. The van der Waals surface area contributed by atoms with E-state index in [-0.39, 0.29) is 0 Å². The van der Waals surface area contributed by atoms with E-state index in [9.17, 15) is 0 Å². The number of benzene rings is 2. The standard InChI is InChI=1S/C14H10Br2N2/c1-9-2-4-11(15)7-14(9)18-13-5-3-10(8-17)6-12(13)16/h2-7,18H,1H3. The molecule has 0 unspecified atom stereocenters. The normalized spacial score (nSPS) is 9.89. The van der Waals surface area contributed by atoms with Gasteiger partial charge in [0.15, 0.2) is 0 Å². The van der Waals surface area contributed by atoms with Crippen LogP contribution in [0.4, 0.5) is 11.4 Å². The van der Waals surface area contributed by atoms with Crippen LogP contribution in [0.2, 0.25) is 0 Å². The Balaban J connectivity index is 2.34. The van der Waals surface area contributed by atoms with Gasteiger partial charge in [-0.1, -0.05) is 22.0 Å². The lowest BCUT2D eigenvalue weighted by molar-refractivity contribution is 1.40. The van der Waals surface area contributed by atoms with Gasteiger partial charge in [-0.15, -0.1) is 0 Å². The highest BCUT2D eigenvalue weighted by molar-refractivity contribution is 9.10. The summed E-state index contributed by atoms with van der Waals surface area (Å²) in [6.07, 6.45) is 0. The highest BCUT2D eigenvalue weighted by Crippen LogP contribution is 2.29. The Morgan fingerprint density at radius 3 is 2.50 bits per heavy atom. The average molecular weight is 366 g/mol. The molecule has 2 aromatic rings. The van der Waals surface area contributed by atoms with Gasteiger partial charge in [0, 0.05) is 14.6 Å². The van der Waals surface area contributed by atoms with E-state index in [4.69, 9.17) is 5.26 Å². The summed E-state index contributed by atoms with van der Waals surface area (Å²) in [5.41, 5.74) is 3.78. The third kappa shape index (κ3) is 2.92. The first-order chi connectivity index (χ1) is 8.60. The molecule has 4 heteroatoms. The van der Waals surface area contributed by atoms with E-state index in [1.165, 1.54) is 0 Å². The van der Waals surface area contributed by atoms with Crippen molar-refractivity contribution in [3.63, 3.8) is 0 Å². The summed E-state index contributed by atoms with van der Waals surface area (Å²) < 4.78 is 1.90. The van der Waals surface area contributed by atoms with Crippen LogP contribution >= 0.6 is 31.9 Å². The number of halogens is 2. The van der Waals surface area contributed by atoms with Crippen LogP contribution in [0.25, 0.3) is 0 Å². The zero-order valence-corrected chi connectivity index (χ0v) is 12.8. The van der Waals surface area contributed by atoms with Crippen LogP contribution in [0, 0.1) is 18.3 Å². The van der Waals surface area contributed by atoms with Gasteiger partial charge in [0.2, 0.25) is 0 Å². The summed E-state index contributed by atoms with van der Waals surface area (Å²) in [6, 6.07) is 13.7. The van der Waals surface area contributed by atoms with Gasteiger partial charge in [-0.05, 0) is 58.7 Å². The Bertz CT molecular complexity index is 630. The number of aryl methyl sites for hydroxylation is 1. The molecule has 18 heavy (non-hydrogen) atoms. The van der Waals surface area contributed by atoms with Crippen LogP contribution in [0.1, 0.15) is 11.1 Å². The van der Waals surface area contributed by atoms with Gasteiger partial charge in [-0.25, -0.2) is 0 Å². The van der Waals surface area contributed by atoms with Crippen molar-refractivity contribution in [3.05, 3.63) is 56.5 Å². The summed E-state index contributed by atoms with van der Waals surface area (Å²) in [7, 11) is 0. The Kier molecular flexibility index (Phi) is 4.05. The van der Waals surface area contributed by atoms with E-state index in [0.29, 0.717) is 5.56 Å². The number of anilines is 2. The molecule has 0 amide bonds. The van der Waals surface area contributed by atoms with Crippen LogP contribution in [-0.4, -0.2) is 0 Å². The first-order valence-electron chi connectivity index (χ1n) is 5.33. The van der Waals surface area contributed by atoms with E-state index >= 15 is 0 Å². The maximum absolute atomic E-state index is 8.83. The van der Waals surface area contributed by atoms with Gasteiger partial charge >= 0.3 is 0 Å². The van der Waals surface area contributed by atoms with Crippen molar-refractivity contribution in [2.75, 3.05) is 5.32 Å². The molecule has 0 bridgehead atoms. The summed E-state index contributed by atoms with van der Waals surface area (Å²) in [5.74, 6) is 0. The van der Waals surface area contributed by atoms with E-state index in [2.05, 4.69) is 43.2 Å². The molecule has 0 spiro atoms. The predicted octanol–water partition coefficient (Wildman–Crippen LogP) is 5.14. The summed E-state index contributed by atoms with van der Waals surface area (Å²) in [4.78, 5) is 0. The fourth-order valence-electron chi connectivity index (χ4n) is 1.56. The van der Waals surface area contributed by atoms with Crippen LogP contribution in [0.15, 0.2) is 45.3 Å². The van der Waals surface area contributed by atoms with E-state index < -0.39 is 0 Å². The minimum atomic E-state index is 0.637. The van der Waals surface area contributed by atoms with Crippen molar-refractivity contribution >= 4 is 43.2 Å². The highest BCUT2D eigenvalue weighted by atomic mass is 79.9. The molecule has 0 aliphatic heterocycles. The van der Waals surface area contributed by atoms with Crippen LogP contribution in [0.3, 0.4) is 0 Å². The molecule has 2 rings (SSSR count). The number of nitrogens with zero attached hydrogens (tertiary/aromatic N) is 1. The van der Waals surface area contributed by atoms with Crippen molar-refractivity contribution in [2.45, 2.75) is 6.92 Å².